The van der Waals surface area contributed by atoms with Crippen molar-refractivity contribution in [1.29, 1.82) is 0 Å². The molecule has 0 aliphatic carbocycles. The van der Waals surface area contributed by atoms with Crippen LogP contribution in [0.1, 0.15) is 11.4 Å². The Hall–Kier alpha value is -0.910. The molecule has 1 N–H and O–H groups in total. The van der Waals surface area contributed by atoms with E-state index in [1.54, 1.807) is 6.92 Å². The lowest BCUT2D eigenvalue weighted by atomic mass is 10.2. The minimum Gasteiger partial charge on any atom is -0.411 e. The Kier molecular flexibility index (Phi) is 2.58. The van der Waals surface area contributed by atoms with Gasteiger partial charge in [-0.1, -0.05) is 26.2 Å². The summed E-state index contributed by atoms with van der Waals surface area (Å²) in [7, 11) is 0. The number of nitrogens with zero attached hydrogens (tertiary/aromatic N) is 3. The lowest BCUT2D eigenvalue weighted by Crippen LogP contribution is -2.04. The first-order valence-electron chi connectivity index (χ1n) is 2.86. The van der Waals surface area contributed by atoms with E-state index in [4.69, 9.17) is 5.21 Å². The first kappa shape index (κ1) is 8.19. The highest BCUT2D eigenvalue weighted by Crippen LogP contribution is 2.04. The first-order chi connectivity index (χ1) is 5.29. The third-order valence-electron chi connectivity index (χ3n) is 1.17. The monoisotopic (exact) mass is 219 g/mol. The van der Waals surface area contributed by atoms with Crippen molar-refractivity contribution < 1.29 is 9.84 Å². The second-order valence-corrected chi connectivity index (χ2v) is 2.44. The Labute approximate surface area is 71.2 Å². The highest BCUT2D eigenvalue weighted by Gasteiger charge is 2.11. The van der Waals surface area contributed by atoms with Crippen LogP contribution in [-0.4, -0.2) is 26.6 Å². The van der Waals surface area contributed by atoms with Gasteiger partial charge >= 0.3 is 0 Å². The molecular weight excluding hydrogens is 214 g/mol. The molecule has 6 heteroatoms. The van der Waals surface area contributed by atoms with Gasteiger partial charge in [0.2, 0.25) is 0 Å². The van der Waals surface area contributed by atoms with Gasteiger partial charge in [0.25, 0.3) is 0 Å². The van der Waals surface area contributed by atoms with Gasteiger partial charge in [-0.15, -0.1) is 0 Å². The summed E-state index contributed by atoms with van der Waals surface area (Å²) in [6.07, 6.45) is 0. The first-order valence-corrected chi connectivity index (χ1v) is 3.98. The van der Waals surface area contributed by atoms with E-state index in [9.17, 15) is 0 Å². The van der Waals surface area contributed by atoms with Gasteiger partial charge in [0.05, 0.1) is 5.33 Å². The van der Waals surface area contributed by atoms with Gasteiger partial charge in [-0.05, 0) is 12.1 Å². The fraction of sp³-hybridized carbons (Fsp3) is 0.400. The van der Waals surface area contributed by atoms with E-state index in [0.717, 1.165) is 0 Å². The number of hydrogen-bond acceptors (Lipinski definition) is 5. The van der Waals surface area contributed by atoms with Crippen molar-refractivity contribution >= 4 is 21.6 Å². The second kappa shape index (κ2) is 3.47. The number of hydrogen-bond donors (Lipinski definition) is 1. The van der Waals surface area contributed by atoms with Gasteiger partial charge in [0.15, 0.2) is 5.69 Å². The Bertz CT molecular complexity index is 270. The van der Waals surface area contributed by atoms with Crippen LogP contribution in [0.25, 0.3) is 0 Å². The average Bonchev–Trinajstić information content (AvgIpc) is 2.40. The third kappa shape index (κ3) is 1.56. The molecule has 0 saturated heterocycles. The molecule has 60 valence electrons. The summed E-state index contributed by atoms with van der Waals surface area (Å²) >= 11 is 3.13. The fourth-order valence-electron chi connectivity index (χ4n) is 0.631. The number of aryl methyl sites for hydroxylation is 1. The molecule has 1 rings (SSSR count). The molecule has 0 unspecified atom stereocenters. The molecule has 0 bridgehead atoms. The normalized spacial score (nSPS) is 12.0. The van der Waals surface area contributed by atoms with E-state index < -0.39 is 0 Å². The predicted octanol–water partition coefficient (Wildman–Crippen LogP) is 0.951. The molecule has 0 aliphatic heterocycles. The van der Waals surface area contributed by atoms with Crippen LogP contribution >= 0.6 is 15.9 Å². The molecule has 1 aromatic rings. The summed E-state index contributed by atoms with van der Waals surface area (Å²) in [6, 6.07) is 0. The number of rotatable bonds is 2. The third-order valence-corrected chi connectivity index (χ3v) is 1.70. The Morgan fingerprint density at radius 2 is 2.45 bits per heavy atom. The maximum Gasteiger partial charge on any atom is 0.156 e. The summed E-state index contributed by atoms with van der Waals surface area (Å²) in [6.45, 7) is 1.72. The largest absolute Gasteiger partial charge is 0.411 e. The number of oxime groups is 1. The summed E-state index contributed by atoms with van der Waals surface area (Å²) in [4.78, 5) is 0. The van der Waals surface area contributed by atoms with Crippen LogP contribution in [0.15, 0.2) is 9.78 Å². The molecule has 0 atom stereocenters. The van der Waals surface area contributed by atoms with Crippen LogP contribution in [-0.2, 0) is 0 Å². The molecule has 0 spiro atoms. The van der Waals surface area contributed by atoms with Crippen LogP contribution in [0.3, 0.4) is 0 Å². The average molecular weight is 220 g/mol. The van der Waals surface area contributed by atoms with E-state index in [1.807, 2.05) is 0 Å². The number of halogens is 1. The summed E-state index contributed by atoms with van der Waals surface area (Å²) in [5.74, 6) is 0. The van der Waals surface area contributed by atoms with Gasteiger partial charge in [-0.2, -0.15) is 0 Å². The van der Waals surface area contributed by atoms with E-state index in [-0.39, 0.29) is 0 Å². The van der Waals surface area contributed by atoms with Crippen LogP contribution in [0, 0.1) is 6.92 Å². The van der Waals surface area contributed by atoms with E-state index >= 15 is 0 Å². The fourth-order valence-corrected chi connectivity index (χ4v) is 1.01. The van der Waals surface area contributed by atoms with Gasteiger partial charge in [-0.3, -0.25) is 0 Å². The van der Waals surface area contributed by atoms with E-state index in [2.05, 4.69) is 36.0 Å². The van der Waals surface area contributed by atoms with Crippen molar-refractivity contribution in [2.24, 2.45) is 5.16 Å². The minimum absolute atomic E-state index is 0.406. The highest BCUT2D eigenvalue weighted by atomic mass is 79.9. The van der Waals surface area contributed by atoms with Crippen LogP contribution in [0.2, 0.25) is 0 Å². The summed E-state index contributed by atoms with van der Waals surface area (Å²) < 4.78 is 4.42. The van der Waals surface area contributed by atoms with Crippen LogP contribution < -0.4 is 0 Å². The minimum atomic E-state index is 0.406. The van der Waals surface area contributed by atoms with Crippen molar-refractivity contribution in [2.45, 2.75) is 6.92 Å². The number of aromatic nitrogens is 2. The smallest absolute Gasteiger partial charge is 0.156 e. The maximum atomic E-state index is 8.47. The SMILES string of the molecule is Cc1nonc1C(CBr)=NO. The molecule has 11 heavy (non-hydrogen) atoms. The number of alkyl halides is 1. The van der Waals surface area contributed by atoms with E-state index in [1.165, 1.54) is 0 Å². The second-order valence-electron chi connectivity index (χ2n) is 1.88. The molecule has 0 saturated carbocycles. The predicted molar refractivity (Wildman–Crippen MR) is 41.2 cm³/mol. The van der Waals surface area contributed by atoms with Crippen LogP contribution in [0.5, 0.6) is 0 Å². The Morgan fingerprint density at radius 3 is 2.82 bits per heavy atom. The molecule has 0 fully saturated rings. The quantitative estimate of drug-likeness (QED) is 0.348. The molecule has 0 aromatic carbocycles. The zero-order chi connectivity index (χ0) is 8.27. The Morgan fingerprint density at radius 1 is 1.73 bits per heavy atom. The molecule has 0 aliphatic rings. The molecular formula is C5H6BrN3O2. The van der Waals surface area contributed by atoms with Gasteiger partial charge in [0, 0.05) is 0 Å². The zero-order valence-corrected chi connectivity index (χ0v) is 7.37. The maximum absolute atomic E-state index is 8.47. The molecule has 5 nitrogen and oxygen atoms in total. The van der Waals surface area contributed by atoms with Crippen molar-refractivity contribution in [3.8, 4) is 0 Å². The zero-order valence-electron chi connectivity index (χ0n) is 5.78. The van der Waals surface area contributed by atoms with Crippen molar-refractivity contribution in [3.05, 3.63) is 11.4 Å². The van der Waals surface area contributed by atoms with Gasteiger partial charge < -0.3 is 5.21 Å². The summed E-state index contributed by atoms with van der Waals surface area (Å²) in [5, 5.41) is 19.0. The van der Waals surface area contributed by atoms with Crippen molar-refractivity contribution in [1.82, 2.24) is 10.3 Å². The van der Waals surface area contributed by atoms with E-state index in [0.29, 0.717) is 22.4 Å². The summed E-state index contributed by atoms with van der Waals surface area (Å²) in [5.41, 5.74) is 1.49. The van der Waals surface area contributed by atoms with Gasteiger partial charge in [-0.25, -0.2) is 4.63 Å². The Balaban J connectivity index is 3.00. The lowest BCUT2D eigenvalue weighted by molar-refractivity contribution is 0.302. The van der Waals surface area contributed by atoms with Gasteiger partial charge in [0.1, 0.15) is 11.4 Å². The topological polar surface area (TPSA) is 71.5 Å². The standard InChI is InChI=1S/C5H6BrN3O2/c1-3-5(9-11-8-3)4(2-6)7-10/h10H,2H2,1H3. The van der Waals surface area contributed by atoms with Crippen LogP contribution in [0.4, 0.5) is 0 Å². The lowest BCUT2D eigenvalue weighted by Gasteiger charge is -1.91. The molecule has 0 radical (unpaired) electrons. The molecule has 0 amide bonds. The van der Waals surface area contributed by atoms with Crippen molar-refractivity contribution in [2.75, 3.05) is 5.33 Å². The van der Waals surface area contributed by atoms with Crippen molar-refractivity contribution in [3.63, 3.8) is 0 Å². The molecule has 1 heterocycles. The highest BCUT2D eigenvalue weighted by molar-refractivity contribution is 9.09. The molecule has 1 aromatic heterocycles.